The molecule has 6 heteroatoms. The zero-order valence-electron chi connectivity index (χ0n) is 17.4. The van der Waals surface area contributed by atoms with Crippen molar-refractivity contribution in [3.8, 4) is 40.0 Å². The number of benzene rings is 2. The Kier molecular flexibility index (Phi) is 5.59. The summed E-state index contributed by atoms with van der Waals surface area (Å²) in [5, 5.41) is 9.95. The SMILES string of the molecule is COc1ccc(-c2oc(N=Cc3ccc(C)o3)c(C#N)c2-c2ccc(OC)cc2)cc1. The second-order valence-electron chi connectivity index (χ2n) is 6.76. The maximum Gasteiger partial charge on any atom is 0.238 e. The average Bonchev–Trinajstić information content (AvgIpc) is 3.40. The van der Waals surface area contributed by atoms with E-state index in [4.69, 9.17) is 18.3 Å². The monoisotopic (exact) mass is 412 g/mol. The van der Waals surface area contributed by atoms with E-state index in [2.05, 4.69) is 11.1 Å². The van der Waals surface area contributed by atoms with Gasteiger partial charge in [0.2, 0.25) is 5.88 Å². The standard InChI is InChI=1S/C25H20N2O4/c1-16-4-9-21(30-16)15-27-25-22(14-26)23(17-5-10-19(28-2)11-6-17)24(31-25)18-7-12-20(29-3)13-8-18/h4-13,15H,1-3H3. The third-order valence-electron chi connectivity index (χ3n) is 4.80. The van der Waals surface area contributed by atoms with Gasteiger partial charge in [-0.2, -0.15) is 5.26 Å². The molecule has 0 aliphatic carbocycles. The van der Waals surface area contributed by atoms with Crippen molar-refractivity contribution in [2.75, 3.05) is 14.2 Å². The van der Waals surface area contributed by atoms with Crippen LogP contribution in [0.5, 0.6) is 11.5 Å². The molecular weight excluding hydrogens is 392 g/mol. The summed E-state index contributed by atoms with van der Waals surface area (Å²) < 4.78 is 22.2. The van der Waals surface area contributed by atoms with Gasteiger partial charge in [-0.15, -0.1) is 0 Å². The van der Waals surface area contributed by atoms with E-state index in [0.29, 0.717) is 22.6 Å². The molecule has 0 saturated carbocycles. The van der Waals surface area contributed by atoms with Crippen molar-refractivity contribution in [2.45, 2.75) is 6.92 Å². The van der Waals surface area contributed by atoms with E-state index < -0.39 is 0 Å². The Balaban J connectivity index is 1.87. The molecule has 0 saturated heterocycles. The lowest BCUT2D eigenvalue weighted by Crippen LogP contribution is -1.86. The van der Waals surface area contributed by atoms with Gasteiger partial charge in [0.1, 0.15) is 40.4 Å². The number of aliphatic imine (C=N–C) groups is 1. The fraction of sp³-hybridized carbons (Fsp3) is 0.120. The third-order valence-corrected chi connectivity index (χ3v) is 4.80. The fourth-order valence-corrected chi connectivity index (χ4v) is 3.24. The van der Waals surface area contributed by atoms with Gasteiger partial charge in [0.15, 0.2) is 0 Å². The van der Waals surface area contributed by atoms with E-state index in [9.17, 15) is 5.26 Å². The first-order chi connectivity index (χ1) is 15.1. The number of furan rings is 2. The van der Waals surface area contributed by atoms with Gasteiger partial charge in [0.25, 0.3) is 0 Å². The van der Waals surface area contributed by atoms with Crippen LogP contribution in [-0.4, -0.2) is 20.4 Å². The minimum Gasteiger partial charge on any atom is -0.497 e. The zero-order valence-corrected chi connectivity index (χ0v) is 17.4. The van der Waals surface area contributed by atoms with Crippen molar-refractivity contribution in [1.82, 2.24) is 0 Å². The summed E-state index contributed by atoms with van der Waals surface area (Å²) in [5.41, 5.74) is 2.63. The lowest BCUT2D eigenvalue weighted by atomic mass is 9.98. The summed E-state index contributed by atoms with van der Waals surface area (Å²) in [5.74, 6) is 3.57. The molecular formula is C25H20N2O4. The molecule has 4 aromatic rings. The number of nitriles is 1. The molecule has 2 heterocycles. The Morgan fingerprint density at radius 2 is 1.45 bits per heavy atom. The molecule has 4 rings (SSSR count). The Morgan fingerprint density at radius 1 is 0.839 bits per heavy atom. The second-order valence-corrected chi connectivity index (χ2v) is 6.76. The molecule has 2 aromatic carbocycles. The number of hydrogen-bond donors (Lipinski definition) is 0. The highest BCUT2D eigenvalue weighted by Crippen LogP contribution is 2.43. The lowest BCUT2D eigenvalue weighted by Gasteiger charge is -2.06. The molecule has 6 nitrogen and oxygen atoms in total. The van der Waals surface area contributed by atoms with E-state index in [-0.39, 0.29) is 5.88 Å². The van der Waals surface area contributed by atoms with Crippen LogP contribution in [0.25, 0.3) is 22.5 Å². The minimum atomic E-state index is 0.216. The van der Waals surface area contributed by atoms with E-state index >= 15 is 0 Å². The van der Waals surface area contributed by atoms with Crippen molar-refractivity contribution in [3.05, 3.63) is 77.7 Å². The molecule has 154 valence electrons. The van der Waals surface area contributed by atoms with E-state index in [0.717, 1.165) is 28.4 Å². The molecule has 2 aromatic heterocycles. The third kappa shape index (κ3) is 4.07. The van der Waals surface area contributed by atoms with Gasteiger partial charge in [0, 0.05) is 11.1 Å². The predicted molar refractivity (Wildman–Crippen MR) is 118 cm³/mol. The van der Waals surface area contributed by atoms with Gasteiger partial charge in [0.05, 0.1) is 20.4 Å². The topological polar surface area (TPSA) is 80.9 Å². The molecule has 0 bridgehead atoms. The number of hydrogen-bond acceptors (Lipinski definition) is 6. The minimum absolute atomic E-state index is 0.216. The first-order valence-corrected chi connectivity index (χ1v) is 9.59. The van der Waals surface area contributed by atoms with E-state index in [1.54, 1.807) is 20.4 Å². The summed E-state index contributed by atoms with van der Waals surface area (Å²) in [6, 6.07) is 20.8. The van der Waals surface area contributed by atoms with Crippen molar-refractivity contribution in [1.29, 1.82) is 5.26 Å². The maximum absolute atomic E-state index is 9.95. The quantitative estimate of drug-likeness (QED) is 0.355. The van der Waals surface area contributed by atoms with Crippen LogP contribution in [0.1, 0.15) is 17.1 Å². The van der Waals surface area contributed by atoms with Gasteiger partial charge in [-0.3, -0.25) is 0 Å². The van der Waals surface area contributed by atoms with Gasteiger partial charge in [-0.05, 0) is 61.0 Å². The number of nitrogens with zero attached hydrogens (tertiary/aromatic N) is 2. The molecule has 0 unspecified atom stereocenters. The van der Waals surface area contributed by atoms with Crippen molar-refractivity contribution < 1.29 is 18.3 Å². The van der Waals surface area contributed by atoms with E-state index in [1.165, 1.54) is 0 Å². The van der Waals surface area contributed by atoms with Crippen LogP contribution in [0.15, 0.2) is 74.5 Å². The van der Waals surface area contributed by atoms with Crippen molar-refractivity contribution in [2.24, 2.45) is 4.99 Å². The molecule has 0 N–H and O–H groups in total. The lowest BCUT2D eigenvalue weighted by molar-refractivity contribution is 0.414. The van der Waals surface area contributed by atoms with Crippen LogP contribution < -0.4 is 9.47 Å². The van der Waals surface area contributed by atoms with Gasteiger partial charge in [-0.25, -0.2) is 4.99 Å². The molecule has 0 fully saturated rings. The van der Waals surface area contributed by atoms with Crippen LogP contribution in [0, 0.1) is 18.3 Å². The summed E-state index contributed by atoms with van der Waals surface area (Å²) in [7, 11) is 3.22. The van der Waals surface area contributed by atoms with Crippen LogP contribution in [0.3, 0.4) is 0 Å². The number of aryl methyl sites for hydroxylation is 1. The number of ether oxygens (including phenoxy) is 2. The van der Waals surface area contributed by atoms with Crippen LogP contribution in [-0.2, 0) is 0 Å². The summed E-state index contributed by atoms with van der Waals surface area (Å²) in [6.07, 6.45) is 1.54. The highest BCUT2D eigenvalue weighted by Gasteiger charge is 2.23. The normalized spacial score (nSPS) is 10.9. The Morgan fingerprint density at radius 3 is 1.97 bits per heavy atom. The van der Waals surface area contributed by atoms with Crippen LogP contribution >= 0.6 is 0 Å². The van der Waals surface area contributed by atoms with Crippen molar-refractivity contribution in [3.63, 3.8) is 0 Å². The second kappa shape index (κ2) is 8.64. The first kappa shape index (κ1) is 20.0. The summed E-state index contributed by atoms with van der Waals surface area (Å²) in [4.78, 5) is 4.40. The number of rotatable bonds is 6. The number of methoxy groups -OCH3 is 2. The molecule has 0 amide bonds. The smallest absolute Gasteiger partial charge is 0.238 e. The van der Waals surface area contributed by atoms with Gasteiger partial charge >= 0.3 is 0 Å². The Hall–Kier alpha value is -4.24. The Labute approximate surface area is 180 Å². The highest BCUT2D eigenvalue weighted by atomic mass is 16.5. The molecule has 0 aliphatic rings. The van der Waals surface area contributed by atoms with E-state index in [1.807, 2.05) is 67.6 Å². The fourth-order valence-electron chi connectivity index (χ4n) is 3.24. The van der Waals surface area contributed by atoms with Crippen LogP contribution in [0.4, 0.5) is 5.88 Å². The molecule has 0 radical (unpaired) electrons. The zero-order chi connectivity index (χ0) is 21.8. The van der Waals surface area contributed by atoms with Crippen LogP contribution in [0.2, 0.25) is 0 Å². The summed E-state index contributed by atoms with van der Waals surface area (Å²) in [6.45, 7) is 1.86. The maximum atomic E-state index is 9.95. The molecule has 0 spiro atoms. The molecule has 0 aliphatic heterocycles. The first-order valence-electron chi connectivity index (χ1n) is 9.59. The Bertz CT molecular complexity index is 1260. The summed E-state index contributed by atoms with van der Waals surface area (Å²) >= 11 is 0. The van der Waals surface area contributed by atoms with Gasteiger partial charge < -0.3 is 18.3 Å². The predicted octanol–water partition coefficient (Wildman–Crippen LogP) is 6.15. The molecule has 0 atom stereocenters. The van der Waals surface area contributed by atoms with Crippen molar-refractivity contribution >= 4 is 12.1 Å². The molecule has 31 heavy (non-hydrogen) atoms. The highest BCUT2D eigenvalue weighted by molar-refractivity contribution is 5.89. The van der Waals surface area contributed by atoms with Gasteiger partial charge in [-0.1, -0.05) is 12.1 Å². The largest absolute Gasteiger partial charge is 0.497 e. The average molecular weight is 412 g/mol.